The predicted octanol–water partition coefficient (Wildman–Crippen LogP) is 4.57. The molecule has 0 bridgehead atoms. The van der Waals surface area contributed by atoms with Crippen LogP contribution in [0.25, 0.3) is 0 Å². The molecule has 3 saturated carbocycles. The molecule has 0 aromatic carbocycles. The van der Waals surface area contributed by atoms with E-state index in [4.69, 9.17) is 9.47 Å². The van der Waals surface area contributed by atoms with E-state index in [0.717, 1.165) is 24.9 Å². The second kappa shape index (κ2) is 5.91. The van der Waals surface area contributed by atoms with Gasteiger partial charge in [0.1, 0.15) is 3.92 Å². The average Bonchev–Trinajstić information content (AvgIpc) is 2.97. The van der Waals surface area contributed by atoms with Gasteiger partial charge in [-0.05, 0) is 49.4 Å². The zero-order valence-electron chi connectivity index (χ0n) is 14.2. The fourth-order valence-corrected chi connectivity index (χ4v) is 5.32. The molecule has 0 aliphatic heterocycles. The monoisotopic (exact) mass is 420 g/mol. The molecule has 0 amide bonds. The lowest BCUT2D eigenvalue weighted by Gasteiger charge is -2.45. The van der Waals surface area contributed by atoms with Crippen LogP contribution in [0.5, 0.6) is 0 Å². The molecule has 126 valence electrons. The largest absolute Gasteiger partial charge is 0.435 e. The number of carbonyl (C=O) groups excluding carboxylic acids is 1. The average molecular weight is 420 g/mol. The van der Waals surface area contributed by atoms with Gasteiger partial charge < -0.3 is 9.47 Å². The summed E-state index contributed by atoms with van der Waals surface area (Å²) in [7, 11) is 0. The first-order valence-electron chi connectivity index (χ1n) is 8.80. The summed E-state index contributed by atoms with van der Waals surface area (Å²) >= 11 is 2.15. The van der Waals surface area contributed by atoms with Gasteiger partial charge in [0.2, 0.25) is 6.29 Å². The number of ether oxygens (including phenoxy) is 2. The second-order valence-corrected chi connectivity index (χ2v) is 9.79. The Morgan fingerprint density at radius 1 is 1.27 bits per heavy atom. The summed E-state index contributed by atoms with van der Waals surface area (Å²) in [5, 5.41) is 0. The molecule has 3 aliphatic carbocycles. The van der Waals surface area contributed by atoms with Gasteiger partial charge in [0.15, 0.2) is 0 Å². The highest BCUT2D eigenvalue weighted by atomic mass is 127. The van der Waals surface area contributed by atoms with E-state index >= 15 is 0 Å². The number of hydrogen-bond acceptors (Lipinski definition) is 3. The lowest BCUT2D eigenvalue weighted by molar-refractivity contribution is -0.204. The highest BCUT2D eigenvalue weighted by Crippen LogP contribution is 2.84. The van der Waals surface area contributed by atoms with Gasteiger partial charge in [-0.15, -0.1) is 0 Å². The van der Waals surface area contributed by atoms with Crippen molar-refractivity contribution in [3.05, 3.63) is 0 Å². The third kappa shape index (κ3) is 2.62. The van der Waals surface area contributed by atoms with Crippen LogP contribution in [-0.2, 0) is 14.3 Å². The number of carbonyl (C=O) groups is 1. The van der Waals surface area contributed by atoms with E-state index in [1.165, 1.54) is 25.7 Å². The first kappa shape index (κ1) is 17.0. The summed E-state index contributed by atoms with van der Waals surface area (Å²) < 4.78 is 11.7. The van der Waals surface area contributed by atoms with Gasteiger partial charge in [-0.2, -0.15) is 0 Å². The fraction of sp³-hybridized carbons (Fsp3) is 0.944. The minimum absolute atomic E-state index is 0.0741. The van der Waals surface area contributed by atoms with Gasteiger partial charge in [0.25, 0.3) is 0 Å². The Kier molecular flexibility index (Phi) is 4.56. The maximum Gasteiger partial charge on any atom is 0.321 e. The fourth-order valence-electron chi connectivity index (χ4n) is 5.18. The van der Waals surface area contributed by atoms with Crippen LogP contribution in [0, 0.1) is 28.6 Å². The van der Waals surface area contributed by atoms with Crippen LogP contribution in [0.4, 0.5) is 0 Å². The maximum absolute atomic E-state index is 12.1. The molecule has 22 heavy (non-hydrogen) atoms. The molecule has 6 unspecified atom stereocenters. The Morgan fingerprint density at radius 2 is 2.00 bits per heavy atom. The van der Waals surface area contributed by atoms with Crippen molar-refractivity contribution in [3.8, 4) is 0 Å². The Labute approximate surface area is 148 Å². The highest BCUT2D eigenvalue weighted by molar-refractivity contribution is 14.1. The van der Waals surface area contributed by atoms with Gasteiger partial charge in [0, 0.05) is 11.3 Å². The van der Waals surface area contributed by atoms with Crippen LogP contribution in [-0.4, -0.2) is 22.8 Å². The van der Waals surface area contributed by atoms with Gasteiger partial charge >= 0.3 is 5.97 Å². The van der Waals surface area contributed by atoms with Crippen LogP contribution >= 0.6 is 22.6 Å². The van der Waals surface area contributed by atoms with Gasteiger partial charge in [-0.3, -0.25) is 4.79 Å². The normalized spacial score (nSPS) is 41.4. The Morgan fingerprint density at radius 3 is 2.55 bits per heavy atom. The van der Waals surface area contributed by atoms with E-state index in [2.05, 4.69) is 43.4 Å². The van der Waals surface area contributed by atoms with Crippen LogP contribution in [0.3, 0.4) is 0 Å². The predicted molar refractivity (Wildman–Crippen MR) is 94.8 cm³/mol. The molecule has 3 nitrogen and oxygen atoms in total. The highest BCUT2D eigenvalue weighted by Gasteiger charge is 2.78. The summed E-state index contributed by atoms with van der Waals surface area (Å²) in [5.41, 5.74) is 0.998. The summed E-state index contributed by atoms with van der Waals surface area (Å²) in [6, 6.07) is 0. The van der Waals surface area contributed by atoms with Gasteiger partial charge in [-0.1, -0.05) is 50.3 Å². The molecule has 0 aromatic heterocycles. The van der Waals surface area contributed by atoms with Gasteiger partial charge in [-0.25, -0.2) is 0 Å². The molecule has 1 spiro atoms. The molecule has 3 fully saturated rings. The van der Waals surface area contributed by atoms with Gasteiger partial charge in [0.05, 0.1) is 6.61 Å². The number of rotatable bonds is 7. The zero-order chi connectivity index (χ0) is 16.1. The first-order valence-corrected chi connectivity index (χ1v) is 10.0. The van der Waals surface area contributed by atoms with E-state index in [9.17, 15) is 4.79 Å². The molecule has 4 heteroatoms. The topological polar surface area (TPSA) is 35.5 Å². The number of hydrogen-bond donors (Lipinski definition) is 0. The van der Waals surface area contributed by atoms with Crippen molar-refractivity contribution < 1.29 is 14.3 Å². The Hall–Kier alpha value is 0.160. The minimum atomic E-state index is -0.392. The van der Waals surface area contributed by atoms with Crippen molar-refractivity contribution in [1.82, 2.24) is 0 Å². The van der Waals surface area contributed by atoms with Crippen LogP contribution in [0.1, 0.15) is 59.8 Å². The van der Waals surface area contributed by atoms with E-state index in [0.29, 0.717) is 10.8 Å². The molecule has 3 rings (SSSR count). The third-order valence-electron chi connectivity index (χ3n) is 6.29. The summed E-state index contributed by atoms with van der Waals surface area (Å²) in [6.07, 6.45) is 5.84. The smallest absolute Gasteiger partial charge is 0.321 e. The van der Waals surface area contributed by atoms with Crippen LogP contribution in [0.2, 0.25) is 0 Å². The van der Waals surface area contributed by atoms with E-state index < -0.39 is 6.29 Å². The lowest BCUT2D eigenvalue weighted by atomic mass is 9.62. The van der Waals surface area contributed by atoms with Crippen molar-refractivity contribution in [1.29, 1.82) is 0 Å². The molecule has 6 atom stereocenters. The quantitative estimate of drug-likeness (QED) is 0.262. The van der Waals surface area contributed by atoms with Crippen molar-refractivity contribution in [2.75, 3.05) is 6.61 Å². The summed E-state index contributed by atoms with van der Waals surface area (Å²) in [6.45, 7) is 9.30. The molecular weight excluding hydrogens is 391 g/mol. The van der Waals surface area contributed by atoms with Crippen LogP contribution in [0.15, 0.2) is 0 Å². The molecular formula is C18H29IO3. The maximum atomic E-state index is 12.1. The van der Waals surface area contributed by atoms with Crippen molar-refractivity contribution in [2.24, 2.45) is 28.6 Å². The van der Waals surface area contributed by atoms with E-state index in [1.54, 1.807) is 0 Å². The molecule has 0 aromatic rings. The molecule has 0 saturated heterocycles. The first-order chi connectivity index (χ1) is 10.3. The van der Waals surface area contributed by atoms with Crippen molar-refractivity contribution in [2.45, 2.75) is 70.0 Å². The van der Waals surface area contributed by atoms with E-state index in [-0.39, 0.29) is 15.8 Å². The number of halogens is 1. The third-order valence-corrected chi connectivity index (χ3v) is 7.68. The standard InChI is InChI=1S/C18H29IO3/c1-5-14(19)15(20)22-16(11(2)3)21-10-17-6-12(4)7-18(17)9-13(18)8-17/h11-14,16H,5-10H2,1-4H3. The Bertz CT molecular complexity index is 452. The number of esters is 1. The van der Waals surface area contributed by atoms with Crippen LogP contribution < -0.4 is 0 Å². The van der Waals surface area contributed by atoms with E-state index in [1.807, 2.05) is 6.92 Å². The Balaban J connectivity index is 1.58. The molecule has 0 heterocycles. The summed E-state index contributed by atoms with van der Waals surface area (Å²) in [5.74, 6) is 1.87. The zero-order valence-corrected chi connectivity index (χ0v) is 16.4. The lowest BCUT2D eigenvalue weighted by Crippen LogP contribution is -2.44. The second-order valence-electron chi connectivity index (χ2n) is 8.29. The molecule has 0 N–H and O–H groups in total. The number of alkyl halides is 1. The SMILES string of the molecule is CCC(I)C(=O)OC(OCC12CC(C)CC13CC3C2)C(C)C. The molecule has 0 radical (unpaired) electrons. The van der Waals surface area contributed by atoms with Crippen molar-refractivity contribution in [3.63, 3.8) is 0 Å². The summed E-state index contributed by atoms with van der Waals surface area (Å²) in [4.78, 5) is 12.1. The molecule has 3 aliphatic rings. The van der Waals surface area contributed by atoms with Crippen molar-refractivity contribution >= 4 is 28.6 Å². The minimum Gasteiger partial charge on any atom is -0.435 e.